The molecule has 2 aliphatic rings. The van der Waals surface area contributed by atoms with E-state index in [9.17, 15) is 22.8 Å². The number of likely N-dealkylation sites (tertiary alicyclic amines) is 1. The Morgan fingerprint density at radius 2 is 1.70 bits per heavy atom. The number of carboxylic acids is 1. The summed E-state index contributed by atoms with van der Waals surface area (Å²) < 4.78 is 44.0. The zero-order chi connectivity index (χ0) is 23.6. The van der Waals surface area contributed by atoms with Gasteiger partial charge in [-0.2, -0.15) is 13.2 Å². The average Bonchev–Trinajstić information content (AvgIpc) is 2.78. The number of benzene rings is 1. The van der Waals surface area contributed by atoms with Crippen molar-refractivity contribution < 1.29 is 32.6 Å². The molecule has 0 unspecified atom stereocenters. The minimum Gasteiger partial charge on any atom is -0.478 e. The third-order valence-corrected chi connectivity index (χ3v) is 6.28. The monoisotopic (exact) mass is 463 g/mol. The molecule has 4 rings (SSSR count). The molecule has 0 atom stereocenters. The molecule has 7 nitrogen and oxygen atoms in total. The Hall–Kier alpha value is -3.14. The highest BCUT2D eigenvalue weighted by atomic mass is 19.4. The molecule has 10 heteroatoms. The normalized spacial score (nSPS) is 18.9. The van der Waals surface area contributed by atoms with Crippen LogP contribution in [-0.2, 0) is 24.0 Å². The molecule has 1 N–H and O–H groups in total. The van der Waals surface area contributed by atoms with Crippen LogP contribution in [0.15, 0.2) is 42.6 Å². The minimum absolute atomic E-state index is 0.0852. The van der Waals surface area contributed by atoms with Gasteiger partial charge in [-0.1, -0.05) is 12.1 Å². The van der Waals surface area contributed by atoms with Gasteiger partial charge in [-0.3, -0.25) is 9.88 Å². The zero-order valence-corrected chi connectivity index (χ0v) is 17.8. The van der Waals surface area contributed by atoms with Crippen LogP contribution in [0.25, 0.3) is 0 Å². The summed E-state index contributed by atoms with van der Waals surface area (Å²) in [6.45, 7) is 2.68. The van der Waals surface area contributed by atoms with Crippen LogP contribution in [0.1, 0.15) is 46.4 Å². The first-order chi connectivity index (χ1) is 15.6. The molecule has 2 fully saturated rings. The molecular formula is C23H24F3N3O4. The van der Waals surface area contributed by atoms with Gasteiger partial charge in [0.2, 0.25) is 0 Å². The number of piperidine rings is 1. The summed E-state index contributed by atoms with van der Waals surface area (Å²) in [7, 11) is 0. The van der Waals surface area contributed by atoms with Crippen molar-refractivity contribution in [1.29, 1.82) is 0 Å². The number of halogens is 3. The van der Waals surface area contributed by atoms with Gasteiger partial charge in [-0.15, -0.1) is 0 Å². The molecule has 0 aliphatic carbocycles. The topological polar surface area (TPSA) is 83.0 Å². The maximum Gasteiger partial charge on any atom is 0.416 e. The summed E-state index contributed by atoms with van der Waals surface area (Å²) >= 11 is 0. The quantitative estimate of drug-likeness (QED) is 0.717. The maximum atomic E-state index is 12.7. The van der Waals surface area contributed by atoms with Gasteiger partial charge in [0, 0.05) is 51.6 Å². The standard InChI is InChI=1S/C23H24F3N3O4/c24-23(25,26)18-4-1-16(2-5-18)14-28-10-7-22(8-11-28)9-12-29(21(32)33-22)15-19-6-3-17(13-27-19)20(30)31/h1-6,13H,7-12,14-15H2,(H,30,31). The summed E-state index contributed by atoms with van der Waals surface area (Å²) in [5, 5.41) is 8.95. The van der Waals surface area contributed by atoms with Crippen LogP contribution in [0.3, 0.4) is 0 Å². The van der Waals surface area contributed by atoms with E-state index in [-0.39, 0.29) is 12.1 Å². The Bertz CT molecular complexity index is 1000. The van der Waals surface area contributed by atoms with Gasteiger partial charge in [0.15, 0.2) is 0 Å². The van der Waals surface area contributed by atoms with E-state index in [0.717, 1.165) is 17.7 Å². The highest BCUT2D eigenvalue weighted by molar-refractivity contribution is 5.87. The van der Waals surface area contributed by atoms with E-state index < -0.39 is 29.4 Å². The second kappa shape index (κ2) is 9.01. The molecule has 2 aromatic rings. The van der Waals surface area contributed by atoms with E-state index in [1.165, 1.54) is 24.4 Å². The molecule has 1 aromatic heterocycles. The lowest BCUT2D eigenvalue weighted by Gasteiger charge is -2.45. The Kier molecular flexibility index (Phi) is 6.29. The number of carbonyl (C=O) groups excluding carboxylic acids is 1. The predicted octanol–water partition coefficient (Wildman–Crippen LogP) is 4.18. The first-order valence-corrected chi connectivity index (χ1v) is 10.7. The number of hydrogen-bond acceptors (Lipinski definition) is 5. The van der Waals surface area contributed by atoms with Crippen LogP contribution in [0, 0.1) is 0 Å². The fourth-order valence-corrected chi connectivity index (χ4v) is 4.24. The number of nitrogens with zero attached hydrogens (tertiary/aromatic N) is 3. The molecule has 0 radical (unpaired) electrons. The number of carboxylic acid groups (broad SMARTS) is 1. The molecule has 2 aliphatic heterocycles. The number of amides is 1. The number of aromatic carboxylic acids is 1. The van der Waals surface area contributed by atoms with Crippen molar-refractivity contribution in [3.63, 3.8) is 0 Å². The number of carbonyl (C=O) groups is 2. The number of alkyl halides is 3. The number of pyridine rings is 1. The predicted molar refractivity (Wildman–Crippen MR) is 111 cm³/mol. The molecule has 1 amide bonds. The van der Waals surface area contributed by atoms with Gasteiger partial charge in [0.05, 0.1) is 23.4 Å². The van der Waals surface area contributed by atoms with Gasteiger partial charge in [-0.25, -0.2) is 9.59 Å². The lowest BCUT2D eigenvalue weighted by atomic mass is 9.86. The van der Waals surface area contributed by atoms with Crippen LogP contribution in [0.4, 0.5) is 18.0 Å². The van der Waals surface area contributed by atoms with Crippen LogP contribution < -0.4 is 0 Å². The van der Waals surface area contributed by atoms with Crippen LogP contribution >= 0.6 is 0 Å². The van der Waals surface area contributed by atoms with E-state index in [1.807, 2.05) is 0 Å². The second-order valence-electron chi connectivity index (χ2n) is 8.54. The fourth-order valence-electron chi connectivity index (χ4n) is 4.24. The Balaban J connectivity index is 1.28. The third kappa shape index (κ3) is 5.44. The van der Waals surface area contributed by atoms with Crippen molar-refractivity contribution in [1.82, 2.24) is 14.8 Å². The van der Waals surface area contributed by atoms with E-state index in [4.69, 9.17) is 9.84 Å². The minimum atomic E-state index is -4.34. The van der Waals surface area contributed by atoms with Crippen molar-refractivity contribution >= 4 is 12.1 Å². The molecule has 0 bridgehead atoms. The largest absolute Gasteiger partial charge is 0.478 e. The molecule has 1 aromatic carbocycles. The lowest BCUT2D eigenvalue weighted by Crippen LogP contribution is -2.54. The smallest absolute Gasteiger partial charge is 0.416 e. The number of aromatic nitrogens is 1. The highest BCUT2D eigenvalue weighted by Gasteiger charge is 2.43. The molecule has 3 heterocycles. The molecular weight excluding hydrogens is 439 g/mol. The highest BCUT2D eigenvalue weighted by Crippen LogP contribution is 2.35. The summed E-state index contributed by atoms with van der Waals surface area (Å²) in [6, 6.07) is 8.24. The Morgan fingerprint density at radius 1 is 1.03 bits per heavy atom. The van der Waals surface area contributed by atoms with Gasteiger partial charge in [0.25, 0.3) is 0 Å². The molecule has 1 spiro atoms. The fraction of sp³-hybridized carbons (Fsp3) is 0.435. The van der Waals surface area contributed by atoms with Crippen molar-refractivity contribution in [2.24, 2.45) is 0 Å². The average molecular weight is 463 g/mol. The van der Waals surface area contributed by atoms with Crippen LogP contribution in [0.5, 0.6) is 0 Å². The number of rotatable bonds is 5. The summed E-state index contributed by atoms with van der Waals surface area (Å²) in [5.74, 6) is -1.06. The van der Waals surface area contributed by atoms with Crippen LogP contribution in [0.2, 0.25) is 0 Å². The lowest BCUT2D eigenvalue weighted by molar-refractivity contribution is -0.137. The van der Waals surface area contributed by atoms with E-state index in [0.29, 0.717) is 51.1 Å². The van der Waals surface area contributed by atoms with Gasteiger partial charge in [0.1, 0.15) is 5.60 Å². The van der Waals surface area contributed by atoms with E-state index >= 15 is 0 Å². The van der Waals surface area contributed by atoms with Crippen molar-refractivity contribution in [2.45, 2.75) is 44.1 Å². The molecule has 2 saturated heterocycles. The first kappa shape index (κ1) is 23.0. The number of ether oxygens (including phenoxy) is 1. The Morgan fingerprint density at radius 3 is 2.24 bits per heavy atom. The second-order valence-corrected chi connectivity index (χ2v) is 8.54. The summed E-state index contributed by atoms with van der Waals surface area (Å²) in [4.78, 5) is 31.4. The molecule has 176 valence electrons. The summed E-state index contributed by atoms with van der Waals surface area (Å²) in [6.07, 6.45) is -1.48. The van der Waals surface area contributed by atoms with Crippen LogP contribution in [-0.4, -0.2) is 57.2 Å². The van der Waals surface area contributed by atoms with Gasteiger partial charge >= 0.3 is 18.2 Å². The first-order valence-electron chi connectivity index (χ1n) is 10.7. The van der Waals surface area contributed by atoms with Gasteiger partial charge in [-0.05, 0) is 29.8 Å². The Labute approximate surface area is 188 Å². The summed E-state index contributed by atoms with van der Waals surface area (Å²) in [5.41, 5.74) is 0.300. The SMILES string of the molecule is O=C(O)c1ccc(CN2CCC3(CCN(Cc4ccc(C(F)(F)F)cc4)CC3)OC2=O)nc1. The van der Waals surface area contributed by atoms with Crippen molar-refractivity contribution in [3.8, 4) is 0 Å². The third-order valence-electron chi connectivity index (χ3n) is 6.28. The molecule has 33 heavy (non-hydrogen) atoms. The number of hydrogen-bond donors (Lipinski definition) is 1. The zero-order valence-electron chi connectivity index (χ0n) is 17.8. The van der Waals surface area contributed by atoms with Gasteiger partial charge < -0.3 is 14.7 Å². The van der Waals surface area contributed by atoms with E-state index in [2.05, 4.69) is 9.88 Å². The van der Waals surface area contributed by atoms with Crippen molar-refractivity contribution in [2.75, 3.05) is 19.6 Å². The van der Waals surface area contributed by atoms with E-state index in [1.54, 1.807) is 11.0 Å². The molecule has 0 saturated carbocycles. The maximum absolute atomic E-state index is 12.7. The van der Waals surface area contributed by atoms with Crippen molar-refractivity contribution in [3.05, 3.63) is 65.0 Å².